The van der Waals surface area contributed by atoms with Crippen molar-refractivity contribution in [3.63, 3.8) is 0 Å². The lowest BCUT2D eigenvalue weighted by Gasteiger charge is -2.15. The summed E-state index contributed by atoms with van der Waals surface area (Å²) in [5, 5.41) is 0.484. The molecule has 19 heavy (non-hydrogen) atoms. The van der Waals surface area contributed by atoms with Gasteiger partial charge in [0.1, 0.15) is 16.7 Å². The molecule has 0 saturated carbocycles. The highest BCUT2D eigenvalue weighted by atomic mass is 35.5. The fourth-order valence-corrected chi connectivity index (χ4v) is 2.15. The van der Waals surface area contributed by atoms with Crippen molar-refractivity contribution in [2.24, 2.45) is 0 Å². The maximum absolute atomic E-state index is 6.02. The van der Waals surface area contributed by atoms with Crippen LogP contribution in [-0.2, 0) is 0 Å². The maximum atomic E-state index is 6.02. The van der Waals surface area contributed by atoms with E-state index in [-0.39, 0.29) is 0 Å². The van der Waals surface area contributed by atoms with Crippen LogP contribution < -0.4 is 4.74 Å². The Morgan fingerprint density at radius 3 is 2.47 bits per heavy atom. The van der Waals surface area contributed by atoms with Crippen LogP contribution in [0.4, 0.5) is 0 Å². The van der Waals surface area contributed by atoms with Crippen molar-refractivity contribution in [1.82, 2.24) is 4.98 Å². The van der Waals surface area contributed by atoms with Crippen LogP contribution in [0.1, 0.15) is 36.5 Å². The van der Waals surface area contributed by atoms with Gasteiger partial charge in [-0.05, 0) is 48.6 Å². The van der Waals surface area contributed by atoms with Crippen molar-refractivity contribution in [2.75, 3.05) is 0 Å². The fraction of sp³-hybridized carbons (Fsp3) is 0.312. The number of pyridine rings is 1. The number of hydrogen-bond donors (Lipinski definition) is 0. The number of halogens is 1. The van der Waals surface area contributed by atoms with E-state index < -0.39 is 0 Å². The van der Waals surface area contributed by atoms with Gasteiger partial charge in [-0.25, -0.2) is 4.98 Å². The van der Waals surface area contributed by atoms with E-state index in [0.717, 1.165) is 17.1 Å². The highest BCUT2D eigenvalue weighted by molar-refractivity contribution is 6.29. The molecule has 0 unspecified atom stereocenters. The van der Waals surface area contributed by atoms with Crippen LogP contribution >= 0.6 is 11.6 Å². The monoisotopic (exact) mass is 275 g/mol. The van der Waals surface area contributed by atoms with Crippen LogP contribution in [0.15, 0.2) is 30.5 Å². The molecule has 1 aromatic heterocycles. The van der Waals surface area contributed by atoms with Gasteiger partial charge < -0.3 is 4.74 Å². The lowest BCUT2D eigenvalue weighted by molar-refractivity contribution is 0.467. The van der Waals surface area contributed by atoms with E-state index in [2.05, 4.69) is 44.0 Å². The minimum atomic E-state index is 0.413. The molecule has 3 heteroatoms. The van der Waals surface area contributed by atoms with Crippen molar-refractivity contribution >= 4 is 11.6 Å². The molecular formula is C16H18ClNO. The Hall–Kier alpha value is -1.54. The van der Waals surface area contributed by atoms with E-state index in [0.29, 0.717) is 11.1 Å². The standard InChI is InChI=1S/C16H18ClNO/c1-10(2)13-6-5-11(3)7-14(13)19-15-9-18-16(17)8-12(15)4/h5-10H,1-4H3. The third-order valence-electron chi connectivity index (χ3n) is 3.04. The summed E-state index contributed by atoms with van der Waals surface area (Å²) in [4.78, 5) is 4.07. The Bertz CT molecular complexity index is 593. The molecule has 0 radical (unpaired) electrons. The van der Waals surface area contributed by atoms with Gasteiger partial charge in [0.15, 0.2) is 0 Å². The Balaban J connectivity index is 2.39. The second-order valence-corrected chi connectivity index (χ2v) is 5.46. The molecular weight excluding hydrogens is 258 g/mol. The SMILES string of the molecule is Cc1ccc(C(C)C)c(Oc2cnc(Cl)cc2C)c1. The number of hydrogen-bond acceptors (Lipinski definition) is 2. The molecule has 0 fully saturated rings. The van der Waals surface area contributed by atoms with Gasteiger partial charge in [-0.1, -0.05) is 37.6 Å². The summed E-state index contributed by atoms with van der Waals surface area (Å²) in [7, 11) is 0. The summed E-state index contributed by atoms with van der Waals surface area (Å²) < 4.78 is 6.02. The van der Waals surface area contributed by atoms with Crippen LogP contribution in [0.3, 0.4) is 0 Å². The minimum Gasteiger partial charge on any atom is -0.455 e. The van der Waals surface area contributed by atoms with E-state index in [1.54, 1.807) is 6.20 Å². The van der Waals surface area contributed by atoms with Gasteiger partial charge >= 0.3 is 0 Å². The average molecular weight is 276 g/mol. The minimum absolute atomic E-state index is 0.413. The molecule has 0 atom stereocenters. The summed E-state index contributed by atoms with van der Waals surface area (Å²) in [6.07, 6.45) is 1.67. The molecule has 0 saturated heterocycles. The van der Waals surface area contributed by atoms with Crippen LogP contribution in [-0.4, -0.2) is 4.98 Å². The van der Waals surface area contributed by atoms with Gasteiger partial charge in [0.2, 0.25) is 0 Å². The summed E-state index contributed by atoms with van der Waals surface area (Å²) in [5.74, 6) is 2.05. The normalized spacial score (nSPS) is 10.8. The quantitative estimate of drug-likeness (QED) is 0.712. The number of aromatic nitrogens is 1. The van der Waals surface area contributed by atoms with Gasteiger partial charge in [-0.3, -0.25) is 0 Å². The molecule has 0 spiro atoms. The largest absolute Gasteiger partial charge is 0.455 e. The zero-order valence-corrected chi connectivity index (χ0v) is 12.5. The van der Waals surface area contributed by atoms with Gasteiger partial charge in [0.05, 0.1) is 6.20 Å². The zero-order valence-electron chi connectivity index (χ0n) is 11.7. The van der Waals surface area contributed by atoms with Gasteiger partial charge in [-0.2, -0.15) is 0 Å². The summed E-state index contributed by atoms with van der Waals surface area (Å²) in [5.41, 5.74) is 3.36. The first kappa shape index (κ1) is 13.9. The van der Waals surface area contributed by atoms with E-state index in [4.69, 9.17) is 16.3 Å². The first-order chi connectivity index (χ1) is 8.97. The Labute approximate surface area is 119 Å². The predicted molar refractivity (Wildman–Crippen MR) is 79.3 cm³/mol. The second kappa shape index (κ2) is 5.62. The van der Waals surface area contributed by atoms with E-state index in [1.807, 2.05) is 13.0 Å². The second-order valence-electron chi connectivity index (χ2n) is 5.07. The molecule has 2 nitrogen and oxygen atoms in total. The van der Waals surface area contributed by atoms with Crippen molar-refractivity contribution in [3.8, 4) is 11.5 Å². The molecule has 0 N–H and O–H groups in total. The lowest BCUT2D eigenvalue weighted by Crippen LogP contribution is -1.96. The predicted octanol–water partition coefficient (Wildman–Crippen LogP) is 5.27. The summed E-state index contributed by atoms with van der Waals surface area (Å²) in [6, 6.07) is 8.09. The Morgan fingerprint density at radius 2 is 1.84 bits per heavy atom. The first-order valence-electron chi connectivity index (χ1n) is 6.38. The molecule has 0 aliphatic rings. The number of nitrogens with zero attached hydrogens (tertiary/aromatic N) is 1. The first-order valence-corrected chi connectivity index (χ1v) is 6.75. The van der Waals surface area contributed by atoms with Crippen LogP contribution in [0.5, 0.6) is 11.5 Å². The van der Waals surface area contributed by atoms with Crippen LogP contribution in [0.25, 0.3) is 0 Å². The molecule has 2 aromatic rings. The fourth-order valence-electron chi connectivity index (χ4n) is 1.94. The highest BCUT2D eigenvalue weighted by Crippen LogP contribution is 2.32. The van der Waals surface area contributed by atoms with E-state index in [9.17, 15) is 0 Å². The zero-order chi connectivity index (χ0) is 14.0. The van der Waals surface area contributed by atoms with Crippen molar-refractivity contribution in [3.05, 3.63) is 52.3 Å². The Kier molecular flexibility index (Phi) is 4.11. The number of benzene rings is 1. The summed E-state index contributed by atoms with van der Waals surface area (Å²) in [6.45, 7) is 8.34. The molecule has 0 bridgehead atoms. The third-order valence-corrected chi connectivity index (χ3v) is 3.25. The molecule has 1 aromatic carbocycles. The summed E-state index contributed by atoms with van der Waals surface area (Å²) >= 11 is 5.86. The lowest BCUT2D eigenvalue weighted by atomic mass is 10.0. The van der Waals surface area contributed by atoms with E-state index >= 15 is 0 Å². The topological polar surface area (TPSA) is 22.1 Å². The maximum Gasteiger partial charge on any atom is 0.148 e. The number of rotatable bonds is 3. The van der Waals surface area contributed by atoms with Crippen molar-refractivity contribution in [1.29, 1.82) is 0 Å². The number of ether oxygens (including phenoxy) is 1. The molecule has 0 aliphatic carbocycles. The van der Waals surface area contributed by atoms with Gasteiger partial charge in [0, 0.05) is 0 Å². The number of aryl methyl sites for hydroxylation is 2. The molecule has 0 amide bonds. The van der Waals surface area contributed by atoms with Crippen molar-refractivity contribution in [2.45, 2.75) is 33.6 Å². The molecule has 2 rings (SSSR count). The molecule has 0 aliphatic heterocycles. The third kappa shape index (κ3) is 3.27. The average Bonchev–Trinajstić information content (AvgIpc) is 2.32. The van der Waals surface area contributed by atoms with Crippen LogP contribution in [0.2, 0.25) is 5.15 Å². The smallest absolute Gasteiger partial charge is 0.148 e. The Morgan fingerprint density at radius 1 is 1.11 bits per heavy atom. The van der Waals surface area contributed by atoms with E-state index in [1.165, 1.54) is 11.1 Å². The van der Waals surface area contributed by atoms with Crippen molar-refractivity contribution < 1.29 is 4.74 Å². The van der Waals surface area contributed by atoms with Crippen LogP contribution in [0, 0.1) is 13.8 Å². The molecule has 100 valence electrons. The van der Waals surface area contributed by atoms with Gasteiger partial charge in [-0.15, -0.1) is 0 Å². The van der Waals surface area contributed by atoms with Gasteiger partial charge in [0.25, 0.3) is 0 Å². The highest BCUT2D eigenvalue weighted by Gasteiger charge is 2.10. The molecule has 1 heterocycles.